The van der Waals surface area contributed by atoms with Crippen LogP contribution in [0, 0.1) is 0 Å². The van der Waals surface area contributed by atoms with Crippen LogP contribution in [0.4, 0.5) is 0 Å². The second kappa shape index (κ2) is 5.77. The van der Waals surface area contributed by atoms with Crippen LogP contribution in [0.3, 0.4) is 0 Å². The van der Waals surface area contributed by atoms with Crippen molar-refractivity contribution < 1.29 is 13.2 Å². The summed E-state index contributed by atoms with van der Waals surface area (Å²) in [5, 5.41) is 5.94. The Bertz CT molecular complexity index is 638. The van der Waals surface area contributed by atoms with Crippen molar-refractivity contribution in [3.8, 4) is 0 Å². The Kier molecular flexibility index (Phi) is 4.39. The number of fused-ring (bicyclic) bond motifs is 1. The van der Waals surface area contributed by atoms with Crippen molar-refractivity contribution in [1.29, 1.82) is 0 Å². The quantitative estimate of drug-likeness (QED) is 0.856. The molecule has 1 atom stereocenters. The second-order valence-electron chi connectivity index (χ2n) is 6.16. The van der Waals surface area contributed by atoms with Crippen LogP contribution in [0.25, 0.3) is 0 Å². The Hall–Kier alpha value is -1.40. The molecular formula is C15H22N2O3S. The first-order valence-corrected chi connectivity index (χ1v) is 8.87. The molecule has 21 heavy (non-hydrogen) atoms. The molecule has 116 valence electrons. The van der Waals surface area contributed by atoms with Crippen molar-refractivity contribution in [1.82, 2.24) is 10.6 Å². The van der Waals surface area contributed by atoms with Gasteiger partial charge in [0.1, 0.15) is 0 Å². The first-order valence-electron chi connectivity index (χ1n) is 6.98. The van der Waals surface area contributed by atoms with Crippen LogP contribution in [0.15, 0.2) is 24.3 Å². The van der Waals surface area contributed by atoms with Crippen LogP contribution in [-0.4, -0.2) is 37.9 Å². The summed E-state index contributed by atoms with van der Waals surface area (Å²) >= 11 is 0. The van der Waals surface area contributed by atoms with Crippen LogP contribution in [0.2, 0.25) is 0 Å². The molecule has 2 rings (SSSR count). The number of carbonyl (C=O) groups excluding carboxylic acids is 1. The van der Waals surface area contributed by atoms with Gasteiger partial charge in [0, 0.05) is 19.3 Å². The van der Waals surface area contributed by atoms with Crippen LogP contribution < -0.4 is 10.6 Å². The van der Waals surface area contributed by atoms with E-state index < -0.39 is 14.6 Å². The predicted octanol–water partition coefficient (Wildman–Crippen LogP) is 0.640. The minimum Gasteiger partial charge on any atom is -0.353 e. The third-order valence-corrected chi connectivity index (χ3v) is 6.24. The van der Waals surface area contributed by atoms with E-state index in [4.69, 9.17) is 0 Å². The molecule has 1 aromatic carbocycles. The molecule has 1 aromatic rings. The van der Waals surface area contributed by atoms with E-state index in [2.05, 4.69) is 10.6 Å². The minimum absolute atomic E-state index is 0.116. The van der Waals surface area contributed by atoms with Gasteiger partial charge in [-0.1, -0.05) is 24.3 Å². The number of carbonyl (C=O) groups is 1. The Morgan fingerprint density at radius 2 is 1.95 bits per heavy atom. The van der Waals surface area contributed by atoms with Gasteiger partial charge in [0.2, 0.25) is 5.91 Å². The van der Waals surface area contributed by atoms with E-state index in [1.807, 2.05) is 24.3 Å². The largest absolute Gasteiger partial charge is 0.353 e. The van der Waals surface area contributed by atoms with Crippen molar-refractivity contribution in [2.45, 2.75) is 37.6 Å². The molecule has 0 radical (unpaired) electrons. The third kappa shape index (κ3) is 3.63. The summed E-state index contributed by atoms with van der Waals surface area (Å²) in [6.45, 7) is 4.01. The second-order valence-corrected chi connectivity index (χ2v) is 8.81. The minimum atomic E-state index is -3.21. The Morgan fingerprint density at radius 1 is 1.33 bits per heavy atom. The van der Waals surface area contributed by atoms with Gasteiger partial charge in [0.05, 0.1) is 10.8 Å². The smallest absolute Gasteiger partial charge is 0.237 e. The average Bonchev–Trinajstić information content (AvgIpc) is 2.43. The number of sulfone groups is 1. The molecule has 1 aliphatic rings. The van der Waals surface area contributed by atoms with E-state index in [1.54, 1.807) is 13.8 Å². The normalized spacial score (nSPS) is 18.9. The Balaban J connectivity index is 1.97. The molecule has 0 aromatic heterocycles. The summed E-state index contributed by atoms with van der Waals surface area (Å²) in [6, 6.07) is 7.71. The summed E-state index contributed by atoms with van der Waals surface area (Å²) in [5.74, 6) is -0.152. The zero-order chi connectivity index (χ0) is 15.7. The molecular weight excluding hydrogens is 288 g/mol. The fraction of sp³-hybridized carbons (Fsp3) is 0.533. The molecule has 6 heteroatoms. The van der Waals surface area contributed by atoms with Crippen molar-refractivity contribution in [3.05, 3.63) is 35.4 Å². The van der Waals surface area contributed by atoms with E-state index in [9.17, 15) is 13.2 Å². The molecule has 0 spiro atoms. The van der Waals surface area contributed by atoms with E-state index in [0.717, 1.165) is 0 Å². The molecule has 5 nitrogen and oxygen atoms in total. The van der Waals surface area contributed by atoms with Gasteiger partial charge in [-0.15, -0.1) is 0 Å². The number of hydrogen-bond donors (Lipinski definition) is 2. The van der Waals surface area contributed by atoms with Gasteiger partial charge in [-0.3, -0.25) is 4.79 Å². The summed E-state index contributed by atoms with van der Waals surface area (Å²) in [4.78, 5) is 12.2. The maximum Gasteiger partial charge on any atom is 0.237 e. The van der Waals surface area contributed by atoms with E-state index in [-0.39, 0.29) is 18.5 Å². The molecule has 1 amide bonds. The van der Waals surface area contributed by atoms with Gasteiger partial charge < -0.3 is 10.6 Å². The highest BCUT2D eigenvalue weighted by molar-refractivity contribution is 7.92. The van der Waals surface area contributed by atoms with Gasteiger partial charge >= 0.3 is 0 Å². The number of amides is 1. The van der Waals surface area contributed by atoms with Gasteiger partial charge in [-0.25, -0.2) is 8.42 Å². The lowest BCUT2D eigenvalue weighted by molar-refractivity contribution is -0.123. The SMILES string of the molecule is CC(C)(CNC(=O)C1Cc2ccccc2CN1)S(C)(=O)=O. The number of rotatable bonds is 4. The Morgan fingerprint density at radius 3 is 2.57 bits per heavy atom. The van der Waals surface area contributed by atoms with E-state index >= 15 is 0 Å². The van der Waals surface area contributed by atoms with Crippen molar-refractivity contribution in [2.24, 2.45) is 0 Å². The lowest BCUT2D eigenvalue weighted by Gasteiger charge is -2.28. The lowest BCUT2D eigenvalue weighted by Crippen LogP contribution is -2.51. The maximum atomic E-state index is 12.2. The number of nitrogens with one attached hydrogen (secondary N) is 2. The summed E-state index contributed by atoms with van der Waals surface area (Å²) in [6.07, 6.45) is 1.82. The van der Waals surface area contributed by atoms with E-state index in [1.165, 1.54) is 17.4 Å². The zero-order valence-electron chi connectivity index (χ0n) is 12.6. The summed E-state index contributed by atoms with van der Waals surface area (Å²) in [7, 11) is -3.21. The fourth-order valence-corrected chi connectivity index (χ4v) is 2.53. The fourth-order valence-electron chi connectivity index (χ4n) is 2.19. The molecule has 1 heterocycles. The first kappa shape index (κ1) is 16.0. The number of benzene rings is 1. The lowest BCUT2D eigenvalue weighted by atomic mass is 9.95. The first-order chi connectivity index (χ1) is 9.71. The maximum absolute atomic E-state index is 12.2. The highest BCUT2D eigenvalue weighted by atomic mass is 32.2. The van der Waals surface area contributed by atoms with Gasteiger partial charge in [-0.05, 0) is 31.4 Å². The standard InChI is InChI=1S/C15H22N2O3S/c1-15(2,21(3,19)20)10-17-14(18)13-8-11-6-4-5-7-12(11)9-16-13/h4-7,13,16H,8-10H2,1-3H3,(H,17,18). The summed E-state index contributed by atoms with van der Waals surface area (Å²) in [5.41, 5.74) is 2.37. The summed E-state index contributed by atoms with van der Waals surface area (Å²) < 4.78 is 22.3. The highest BCUT2D eigenvalue weighted by Crippen LogP contribution is 2.17. The average molecular weight is 310 g/mol. The third-order valence-electron chi connectivity index (χ3n) is 4.09. The molecule has 2 N–H and O–H groups in total. The van der Waals surface area contributed by atoms with Gasteiger partial charge in [0.25, 0.3) is 0 Å². The molecule has 1 aliphatic heterocycles. The monoisotopic (exact) mass is 310 g/mol. The topological polar surface area (TPSA) is 75.3 Å². The molecule has 0 aliphatic carbocycles. The highest BCUT2D eigenvalue weighted by Gasteiger charge is 2.32. The van der Waals surface area contributed by atoms with E-state index in [0.29, 0.717) is 13.0 Å². The van der Waals surface area contributed by atoms with Gasteiger partial charge in [0.15, 0.2) is 9.84 Å². The van der Waals surface area contributed by atoms with Crippen LogP contribution in [-0.2, 0) is 27.6 Å². The van der Waals surface area contributed by atoms with Crippen LogP contribution >= 0.6 is 0 Å². The van der Waals surface area contributed by atoms with Crippen molar-refractivity contribution >= 4 is 15.7 Å². The Labute approximate surface area is 126 Å². The molecule has 0 bridgehead atoms. The van der Waals surface area contributed by atoms with Crippen LogP contribution in [0.1, 0.15) is 25.0 Å². The molecule has 0 saturated heterocycles. The molecule has 1 unspecified atom stereocenters. The van der Waals surface area contributed by atoms with Gasteiger partial charge in [-0.2, -0.15) is 0 Å². The number of hydrogen-bond acceptors (Lipinski definition) is 4. The van der Waals surface area contributed by atoms with Crippen molar-refractivity contribution in [3.63, 3.8) is 0 Å². The molecule has 0 saturated carbocycles. The molecule has 0 fully saturated rings. The predicted molar refractivity (Wildman–Crippen MR) is 82.7 cm³/mol. The van der Waals surface area contributed by atoms with Crippen LogP contribution in [0.5, 0.6) is 0 Å². The zero-order valence-corrected chi connectivity index (χ0v) is 13.5. The van der Waals surface area contributed by atoms with Crippen molar-refractivity contribution in [2.75, 3.05) is 12.8 Å².